The van der Waals surface area contributed by atoms with Crippen molar-refractivity contribution in [1.29, 1.82) is 0 Å². The van der Waals surface area contributed by atoms with Crippen molar-refractivity contribution in [2.75, 3.05) is 0 Å². The van der Waals surface area contributed by atoms with Crippen LogP contribution in [0, 0.1) is 12.8 Å². The van der Waals surface area contributed by atoms with Gasteiger partial charge in [0.1, 0.15) is 0 Å². The van der Waals surface area contributed by atoms with E-state index in [4.69, 9.17) is 11.6 Å². The van der Waals surface area contributed by atoms with Crippen LogP contribution < -0.4 is 0 Å². The Balaban J connectivity index is 2.41. The van der Waals surface area contributed by atoms with Crippen molar-refractivity contribution in [2.24, 2.45) is 5.92 Å². The molecule has 1 saturated carbocycles. The van der Waals surface area contributed by atoms with Gasteiger partial charge in [0, 0.05) is 5.02 Å². The zero-order chi connectivity index (χ0) is 8.72. The summed E-state index contributed by atoms with van der Waals surface area (Å²) in [5, 5.41) is 0.948. The van der Waals surface area contributed by atoms with Crippen molar-refractivity contribution < 1.29 is 0 Å². The number of hydrogen-bond acceptors (Lipinski definition) is 0. The summed E-state index contributed by atoms with van der Waals surface area (Å²) >= 11 is 6.13. The molecular formula is C11H13Cl. The molecule has 0 heterocycles. The van der Waals surface area contributed by atoms with Crippen LogP contribution in [0.1, 0.15) is 30.4 Å². The van der Waals surface area contributed by atoms with Gasteiger partial charge in [-0.1, -0.05) is 30.7 Å². The first-order chi connectivity index (χ1) is 5.70. The lowest BCUT2D eigenvalue weighted by Crippen LogP contribution is -1.87. The highest BCUT2D eigenvalue weighted by Crippen LogP contribution is 2.50. The molecule has 0 aliphatic heterocycles. The Morgan fingerprint density at radius 3 is 2.58 bits per heavy atom. The first-order valence-corrected chi connectivity index (χ1v) is 4.83. The molecule has 1 aliphatic rings. The molecule has 0 radical (unpaired) electrons. The third kappa shape index (κ3) is 1.25. The summed E-state index contributed by atoms with van der Waals surface area (Å²) in [6, 6.07) is 6.16. The van der Waals surface area contributed by atoms with E-state index in [9.17, 15) is 0 Å². The smallest absolute Gasteiger partial charge is 0.0443 e. The van der Waals surface area contributed by atoms with Gasteiger partial charge in [-0.25, -0.2) is 0 Å². The normalized spacial score (nSPS) is 27.2. The minimum Gasteiger partial charge on any atom is -0.0840 e. The molecule has 0 saturated heterocycles. The highest BCUT2D eigenvalue weighted by atomic mass is 35.5. The predicted octanol–water partition coefficient (Wildman–Crippen LogP) is 3.77. The molecule has 0 aromatic heterocycles. The highest BCUT2D eigenvalue weighted by Gasteiger charge is 2.36. The molecule has 2 unspecified atom stereocenters. The van der Waals surface area contributed by atoms with Crippen LogP contribution >= 0.6 is 11.6 Å². The van der Waals surface area contributed by atoms with Gasteiger partial charge in [0.15, 0.2) is 0 Å². The van der Waals surface area contributed by atoms with Gasteiger partial charge in [-0.2, -0.15) is 0 Å². The first-order valence-electron chi connectivity index (χ1n) is 4.45. The lowest BCUT2D eigenvalue weighted by molar-refractivity contribution is 0.908. The zero-order valence-corrected chi connectivity index (χ0v) is 8.23. The molecule has 0 nitrogen and oxygen atoms in total. The quantitative estimate of drug-likeness (QED) is 0.617. The van der Waals surface area contributed by atoms with Crippen molar-refractivity contribution in [3.05, 3.63) is 34.3 Å². The van der Waals surface area contributed by atoms with Gasteiger partial charge in [0.05, 0.1) is 0 Å². The van der Waals surface area contributed by atoms with Crippen molar-refractivity contribution in [1.82, 2.24) is 0 Å². The van der Waals surface area contributed by atoms with Crippen molar-refractivity contribution in [2.45, 2.75) is 26.2 Å². The van der Waals surface area contributed by atoms with Crippen LogP contribution in [0.15, 0.2) is 18.2 Å². The van der Waals surface area contributed by atoms with Crippen LogP contribution in [0.5, 0.6) is 0 Å². The molecular weight excluding hydrogens is 168 g/mol. The van der Waals surface area contributed by atoms with Crippen LogP contribution in [0.3, 0.4) is 0 Å². The Morgan fingerprint density at radius 2 is 2.08 bits per heavy atom. The first kappa shape index (κ1) is 8.12. The lowest BCUT2D eigenvalue weighted by Gasteiger charge is -2.06. The summed E-state index contributed by atoms with van der Waals surface area (Å²) in [4.78, 5) is 0. The lowest BCUT2D eigenvalue weighted by atomic mass is 10.0. The summed E-state index contributed by atoms with van der Waals surface area (Å²) in [6.07, 6.45) is 1.31. The Bertz CT molecular complexity index is 284. The number of rotatable bonds is 1. The molecule has 2 atom stereocenters. The highest BCUT2D eigenvalue weighted by molar-refractivity contribution is 6.31. The monoisotopic (exact) mass is 180 g/mol. The average molecular weight is 181 g/mol. The zero-order valence-electron chi connectivity index (χ0n) is 7.47. The van der Waals surface area contributed by atoms with E-state index in [-0.39, 0.29) is 0 Å². The van der Waals surface area contributed by atoms with Crippen LogP contribution in [-0.2, 0) is 0 Å². The van der Waals surface area contributed by atoms with E-state index in [1.54, 1.807) is 0 Å². The minimum absolute atomic E-state index is 0.735. The van der Waals surface area contributed by atoms with Crippen LogP contribution in [0.2, 0.25) is 5.02 Å². The van der Waals surface area contributed by atoms with Gasteiger partial charge in [0.2, 0.25) is 0 Å². The van der Waals surface area contributed by atoms with Gasteiger partial charge in [0.25, 0.3) is 0 Å². The fourth-order valence-corrected chi connectivity index (χ4v) is 2.20. The fourth-order valence-electron chi connectivity index (χ4n) is 1.84. The number of benzene rings is 1. The summed E-state index contributed by atoms with van der Waals surface area (Å²) in [5.41, 5.74) is 2.73. The van der Waals surface area contributed by atoms with E-state index in [0.29, 0.717) is 0 Å². The van der Waals surface area contributed by atoms with Crippen LogP contribution in [0.4, 0.5) is 0 Å². The van der Waals surface area contributed by atoms with E-state index in [1.165, 1.54) is 17.5 Å². The maximum atomic E-state index is 6.13. The van der Waals surface area contributed by atoms with Gasteiger partial charge in [-0.3, -0.25) is 0 Å². The van der Waals surface area contributed by atoms with Crippen molar-refractivity contribution in [3.63, 3.8) is 0 Å². The number of hydrogen-bond donors (Lipinski definition) is 0. The standard InChI is InChI=1S/C11H13Cl/c1-7-4-3-5-10(12)11(7)9-6-8(9)2/h3-5,8-9H,6H2,1-2H3. The van der Waals surface area contributed by atoms with E-state index < -0.39 is 0 Å². The molecule has 2 rings (SSSR count). The topological polar surface area (TPSA) is 0 Å². The van der Waals surface area contributed by atoms with Crippen molar-refractivity contribution in [3.8, 4) is 0 Å². The molecule has 0 spiro atoms. The molecule has 64 valence electrons. The van der Waals surface area contributed by atoms with Gasteiger partial charge >= 0.3 is 0 Å². The van der Waals surface area contributed by atoms with E-state index in [1.807, 2.05) is 12.1 Å². The van der Waals surface area contributed by atoms with E-state index in [0.717, 1.165) is 16.9 Å². The molecule has 0 N–H and O–H groups in total. The summed E-state index contributed by atoms with van der Waals surface area (Å²) in [5.74, 6) is 1.57. The molecule has 12 heavy (non-hydrogen) atoms. The van der Waals surface area contributed by atoms with Crippen LogP contribution in [0.25, 0.3) is 0 Å². The largest absolute Gasteiger partial charge is 0.0840 e. The second kappa shape index (κ2) is 2.77. The molecule has 0 bridgehead atoms. The van der Waals surface area contributed by atoms with Crippen LogP contribution in [-0.4, -0.2) is 0 Å². The summed E-state index contributed by atoms with van der Waals surface area (Å²) in [6.45, 7) is 4.43. The number of halogens is 1. The fraction of sp³-hybridized carbons (Fsp3) is 0.455. The molecule has 1 aromatic rings. The maximum absolute atomic E-state index is 6.13. The Kier molecular flexibility index (Phi) is 1.88. The Hall–Kier alpha value is -0.490. The summed E-state index contributed by atoms with van der Waals surface area (Å²) < 4.78 is 0. The average Bonchev–Trinajstić information content (AvgIpc) is 2.67. The SMILES string of the molecule is Cc1cccc(Cl)c1C1CC1C. The molecule has 1 fully saturated rings. The van der Waals surface area contributed by atoms with Crippen molar-refractivity contribution >= 4 is 11.6 Å². The molecule has 0 amide bonds. The maximum Gasteiger partial charge on any atom is 0.0443 e. The third-order valence-electron chi connectivity index (χ3n) is 2.75. The minimum atomic E-state index is 0.735. The second-order valence-corrected chi connectivity index (χ2v) is 4.20. The predicted molar refractivity (Wildman–Crippen MR) is 52.7 cm³/mol. The number of aryl methyl sites for hydroxylation is 1. The Morgan fingerprint density at radius 1 is 1.42 bits per heavy atom. The van der Waals surface area contributed by atoms with Gasteiger partial charge in [-0.15, -0.1) is 0 Å². The summed E-state index contributed by atoms with van der Waals surface area (Å²) in [7, 11) is 0. The van der Waals surface area contributed by atoms with Gasteiger partial charge < -0.3 is 0 Å². The van der Waals surface area contributed by atoms with E-state index in [2.05, 4.69) is 19.9 Å². The van der Waals surface area contributed by atoms with E-state index >= 15 is 0 Å². The second-order valence-electron chi connectivity index (χ2n) is 3.79. The molecule has 1 heteroatoms. The Labute approximate surface area is 78.6 Å². The molecule has 1 aliphatic carbocycles. The van der Waals surface area contributed by atoms with Gasteiger partial charge in [-0.05, 0) is 42.4 Å². The molecule has 1 aromatic carbocycles. The third-order valence-corrected chi connectivity index (χ3v) is 3.08.